The summed E-state index contributed by atoms with van der Waals surface area (Å²) in [6, 6.07) is 6.97. The Morgan fingerprint density at radius 2 is 1.60 bits per heavy atom. The molecule has 0 atom stereocenters. The van der Waals surface area contributed by atoms with E-state index in [0.29, 0.717) is 5.56 Å². The molecule has 0 unspecified atom stereocenters. The van der Waals surface area contributed by atoms with Gasteiger partial charge in [0.05, 0.1) is 0 Å². The summed E-state index contributed by atoms with van der Waals surface area (Å²) in [4.78, 5) is 13.3. The molecule has 0 heterocycles. The van der Waals surface area contributed by atoms with Crippen LogP contribution in [0, 0.1) is 0 Å². The van der Waals surface area contributed by atoms with Crippen LogP contribution in [0.15, 0.2) is 24.3 Å². The third kappa shape index (κ3) is 2.98. The minimum atomic E-state index is -2.59. The zero-order valence-electron chi connectivity index (χ0n) is 11.8. The summed E-state index contributed by atoms with van der Waals surface area (Å²) in [5.74, 6) is -2.68. The first-order valence-corrected chi connectivity index (χ1v) is 6.72. The molecule has 0 bridgehead atoms. The molecule has 1 saturated carbocycles. The maximum absolute atomic E-state index is 13.2. The topological polar surface area (TPSA) is 46.3 Å². The van der Waals surface area contributed by atoms with Crippen LogP contribution >= 0.6 is 0 Å². The highest BCUT2D eigenvalue weighted by molar-refractivity contribution is 5.93. The van der Waals surface area contributed by atoms with Gasteiger partial charge in [0, 0.05) is 38.0 Å². The summed E-state index contributed by atoms with van der Waals surface area (Å²) in [5.41, 5.74) is 6.95. The second kappa shape index (κ2) is 5.13. The summed E-state index contributed by atoms with van der Waals surface area (Å²) in [6.07, 6.45) is 0.172. The Morgan fingerprint density at radius 3 is 2.05 bits per heavy atom. The Hall–Kier alpha value is -1.49. The summed E-state index contributed by atoms with van der Waals surface area (Å²) in [5, 5.41) is 0. The van der Waals surface area contributed by atoms with Crippen LogP contribution in [0.1, 0.15) is 41.6 Å². The molecule has 0 aliphatic heterocycles. The lowest BCUT2D eigenvalue weighted by Gasteiger charge is -2.37. The third-order valence-electron chi connectivity index (χ3n) is 3.99. The van der Waals surface area contributed by atoms with Gasteiger partial charge in [-0.2, -0.15) is 0 Å². The van der Waals surface area contributed by atoms with E-state index >= 15 is 0 Å². The zero-order chi connectivity index (χ0) is 15.0. The first-order valence-electron chi connectivity index (χ1n) is 6.72. The number of rotatable bonds is 2. The van der Waals surface area contributed by atoms with E-state index in [9.17, 15) is 13.6 Å². The minimum absolute atomic E-state index is 0.0854. The van der Waals surface area contributed by atoms with Gasteiger partial charge in [-0.05, 0) is 30.5 Å². The van der Waals surface area contributed by atoms with E-state index in [0.717, 1.165) is 5.56 Å². The number of hydrogen-bond acceptors (Lipinski definition) is 2. The highest BCUT2D eigenvalue weighted by atomic mass is 19.3. The van der Waals surface area contributed by atoms with E-state index in [1.165, 1.54) is 4.90 Å². The zero-order valence-corrected chi connectivity index (χ0v) is 11.8. The summed E-state index contributed by atoms with van der Waals surface area (Å²) < 4.78 is 26.4. The second-order valence-electron chi connectivity index (χ2n) is 5.79. The Labute approximate surface area is 117 Å². The molecule has 5 heteroatoms. The lowest BCUT2D eigenvalue weighted by molar-refractivity contribution is -0.0514. The van der Waals surface area contributed by atoms with Crippen molar-refractivity contribution in [2.45, 2.75) is 37.1 Å². The number of nitrogens with zero attached hydrogens (tertiary/aromatic N) is 1. The monoisotopic (exact) mass is 282 g/mol. The largest absolute Gasteiger partial charge is 0.345 e. The van der Waals surface area contributed by atoms with Gasteiger partial charge in [-0.25, -0.2) is 8.78 Å². The molecule has 2 N–H and O–H groups in total. The first kappa shape index (κ1) is 14.9. The quantitative estimate of drug-likeness (QED) is 0.906. The molecule has 1 aliphatic rings. The van der Waals surface area contributed by atoms with Gasteiger partial charge in [-0.15, -0.1) is 0 Å². The van der Waals surface area contributed by atoms with E-state index < -0.39 is 11.5 Å². The van der Waals surface area contributed by atoms with Crippen LogP contribution in [0.4, 0.5) is 8.78 Å². The average Bonchev–Trinajstić information content (AvgIpc) is 2.42. The second-order valence-corrected chi connectivity index (χ2v) is 5.79. The Balaban J connectivity index is 2.16. The molecular formula is C15H20F2N2O. The Kier molecular flexibility index (Phi) is 3.82. The number of halogens is 2. The van der Waals surface area contributed by atoms with E-state index in [1.807, 2.05) is 0 Å². The lowest BCUT2D eigenvalue weighted by Crippen LogP contribution is -2.43. The number of alkyl halides is 2. The predicted octanol–water partition coefficient (Wildman–Crippen LogP) is 2.75. The summed E-state index contributed by atoms with van der Waals surface area (Å²) in [6.45, 7) is 0. The van der Waals surface area contributed by atoms with Crippen LogP contribution in [-0.4, -0.2) is 30.8 Å². The van der Waals surface area contributed by atoms with Crippen LogP contribution < -0.4 is 5.73 Å². The van der Waals surface area contributed by atoms with Crippen molar-refractivity contribution < 1.29 is 13.6 Å². The standard InChI is InChI=1S/C15H20F2N2O/c1-19(2)13(20)11-3-5-12(6-4-11)14(18)7-9-15(16,17)10-8-14/h3-6H,7-10,18H2,1-2H3. The molecule has 0 radical (unpaired) electrons. The van der Waals surface area contributed by atoms with Crippen molar-refractivity contribution in [2.75, 3.05) is 14.1 Å². The van der Waals surface area contributed by atoms with Crippen molar-refractivity contribution in [3.63, 3.8) is 0 Å². The number of hydrogen-bond donors (Lipinski definition) is 1. The van der Waals surface area contributed by atoms with Gasteiger partial charge in [-0.3, -0.25) is 4.79 Å². The molecule has 1 aromatic carbocycles. The molecule has 1 aliphatic carbocycles. The van der Waals surface area contributed by atoms with Crippen LogP contribution in [0.5, 0.6) is 0 Å². The van der Waals surface area contributed by atoms with Gasteiger partial charge in [0.1, 0.15) is 0 Å². The van der Waals surface area contributed by atoms with Crippen molar-refractivity contribution in [3.8, 4) is 0 Å². The van der Waals surface area contributed by atoms with E-state index in [-0.39, 0.29) is 31.6 Å². The Morgan fingerprint density at radius 1 is 1.10 bits per heavy atom. The SMILES string of the molecule is CN(C)C(=O)c1ccc(C2(N)CCC(F)(F)CC2)cc1. The number of nitrogens with two attached hydrogens (primary N) is 1. The van der Waals surface area contributed by atoms with Crippen LogP contribution in [0.2, 0.25) is 0 Å². The van der Waals surface area contributed by atoms with E-state index in [1.54, 1.807) is 38.4 Å². The highest BCUT2D eigenvalue weighted by Gasteiger charge is 2.41. The number of benzene rings is 1. The summed E-state index contributed by atoms with van der Waals surface area (Å²) >= 11 is 0. The maximum atomic E-state index is 13.2. The van der Waals surface area contributed by atoms with Crippen LogP contribution in [0.25, 0.3) is 0 Å². The molecule has 1 fully saturated rings. The number of carbonyl (C=O) groups excluding carboxylic acids is 1. The molecule has 0 spiro atoms. The molecule has 20 heavy (non-hydrogen) atoms. The maximum Gasteiger partial charge on any atom is 0.253 e. The van der Waals surface area contributed by atoms with Gasteiger partial charge in [0.25, 0.3) is 5.91 Å². The fraction of sp³-hybridized carbons (Fsp3) is 0.533. The molecule has 0 aromatic heterocycles. The van der Waals surface area contributed by atoms with Gasteiger partial charge >= 0.3 is 0 Å². The van der Waals surface area contributed by atoms with Crippen molar-refractivity contribution in [1.29, 1.82) is 0 Å². The first-order chi connectivity index (χ1) is 9.23. The molecule has 1 aromatic rings. The third-order valence-corrected chi connectivity index (χ3v) is 3.99. The van der Waals surface area contributed by atoms with E-state index in [2.05, 4.69) is 0 Å². The molecule has 2 rings (SSSR count). The molecule has 3 nitrogen and oxygen atoms in total. The highest BCUT2D eigenvalue weighted by Crippen LogP contribution is 2.42. The van der Waals surface area contributed by atoms with Crippen LogP contribution in [-0.2, 0) is 5.54 Å². The van der Waals surface area contributed by atoms with Gasteiger partial charge in [0.2, 0.25) is 5.92 Å². The van der Waals surface area contributed by atoms with Crippen molar-refractivity contribution in [3.05, 3.63) is 35.4 Å². The minimum Gasteiger partial charge on any atom is -0.345 e. The normalized spacial score (nSPS) is 20.4. The fourth-order valence-corrected chi connectivity index (χ4v) is 2.55. The molecule has 0 saturated heterocycles. The Bertz CT molecular complexity index is 487. The van der Waals surface area contributed by atoms with Gasteiger partial charge < -0.3 is 10.6 Å². The number of amides is 1. The van der Waals surface area contributed by atoms with Crippen LogP contribution in [0.3, 0.4) is 0 Å². The molecular weight excluding hydrogens is 262 g/mol. The van der Waals surface area contributed by atoms with Gasteiger partial charge in [-0.1, -0.05) is 12.1 Å². The van der Waals surface area contributed by atoms with Crippen molar-refractivity contribution in [2.24, 2.45) is 5.73 Å². The van der Waals surface area contributed by atoms with Crippen molar-refractivity contribution >= 4 is 5.91 Å². The number of carbonyl (C=O) groups is 1. The average molecular weight is 282 g/mol. The smallest absolute Gasteiger partial charge is 0.253 e. The van der Waals surface area contributed by atoms with Crippen molar-refractivity contribution in [1.82, 2.24) is 4.90 Å². The summed E-state index contributed by atoms with van der Waals surface area (Å²) in [7, 11) is 3.37. The lowest BCUT2D eigenvalue weighted by atomic mass is 9.76. The molecule has 110 valence electrons. The predicted molar refractivity (Wildman–Crippen MR) is 73.7 cm³/mol. The molecule has 1 amide bonds. The van der Waals surface area contributed by atoms with E-state index in [4.69, 9.17) is 5.73 Å². The fourth-order valence-electron chi connectivity index (χ4n) is 2.55. The van der Waals surface area contributed by atoms with Gasteiger partial charge in [0.15, 0.2) is 0 Å².